The van der Waals surface area contributed by atoms with Crippen LogP contribution in [0.4, 0.5) is 4.79 Å². The van der Waals surface area contributed by atoms with E-state index in [9.17, 15) is 9.59 Å². The van der Waals surface area contributed by atoms with E-state index in [2.05, 4.69) is 11.9 Å². The average molecular weight is 290 g/mol. The third kappa shape index (κ3) is 5.69. The SMILES string of the molecule is C=CCN(CCC)C(=O)NCCc1cccc(C(=O)O)c1. The topological polar surface area (TPSA) is 69.6 Å². The Morgan fingerprint density at radius 3 is 2.81 bits per heavy atom. The van der Waals surface area contributed by atoms with Gasteiger partial charge in [-0.2, -0.15) is 0 Å². The fourth-order valence-corrected chi connectivity index (χ4v) is 1.99. The zero-order valence-electron chi connectivity index (χ0n) is 12.3. The number of hydrogen-bond acceptors (Lipinski definition) is 2. The van der Waals surface area contributed by atoms with Gasteiger partial charge in [-0.05, 0) is 30.5 Å². The van der Waals surface area contributed by atoms with Gasteiger partial charge in [-0.1, -0.05) is 25.1 Å². The highest BCUT2D eigenvalue weighted by Gasteiger charge is 2.10. The van der Waals surface area contributed by atoms with Crippen LogP contribution in [0.1, 0.15) is 29.3 Å². The molecule has 0 atom stereocenters. The van der Waals surface area contributed by atoms with E-state index in [0.29, 0.717) is 26.1 Å². The van der Waals surface area contributed by atoms with Crippen molar-refractivity contribution in [3.05, 3.63) is 48.0 Å². The molecule has 2 N–H and O–H groups in total. The molecule has 0 radical (unpaired) electrons. The highest BCUT2D eigenvalue weighted by molar-refractivity contribution is 5.87. The molecule has 0 aliphatic carbocycles. The summed E-state index contributed by atoms with van der Waals surface area (Å²) in [4.78, 5) is 24.5. The van der Waals surface area contributed by atoms with Crippen LogP contribution in [-0.4, -0.2) is 41.6 Å². The molecule has 0 saturated carbocycles. The van der Waals surface area contributed by atoms with Gasteiger partial charge in [0.1, 0.15) is 0 Å². The Morgan fingerprint density at radius 1 is 1.43 bits per heavy atom. The zero-order valence-corrected chi connectivity index (χ0v) is 12.3. The highest BCUT2D eigenvalue weighted by atomic mass is 16.4. The summed E-state index contributed by atoms with van der Waals surface area (Å²) in [6.07, 6.45) is 3.19. The van der Waals surface area contributed by atoms with Crippen molar-refractivity contribution in [2.45, 2.75) is 19.8 Å². The van der Waals surface area contributed by atoms with Crippen molar-refractivity contribution in [1.82, 2.24) is 10.2 Å². The molecule has 0 unspecified atom stereocenters. The van der Waals surface area contributed by atoms with Crippen molar-refractivity contribution < 1.29 is 14.7 Å². The van der Waals surface area contributed by atoms with Crippen LogP contribution in [0.5, 0.6) is 0 Å². The van der Waals surface area contributed by atoms with Gasteiger partial charge in [0.05, 0.1) is 5.56 Å². The first-order chi connectivity index (χ1) is 10.1. The van der Waals surface area contributed by atoms with Crippen LogP contribution in [0.15, 0.2) is 36.9 Å². The lowest BCUT2D eigenvalue weighted by atomic mass is 10.1. The van der Waals surface area contributed by atoms with Crippen LogP contribution < -0.4 is 5.32 Å². The Morgan fingerprint density at radius 2 is 2.19 bits per heavy atom. The molecule has 0 aromatic heterocycles. The van der Waals surface area contributed by atoms with Crippen molar-refractivity contribution in [3.63, 3.8) is 0 Å². The van der Waals surface area contributed by atoms with E-state index in [1.807, 2.05) is 13.0 Å². The van der Waals surface area contributed by atoms with E-state index in [1.165, 1.54) is 0 Å². The summed E-state index contributed by atoms with van der Waals surface area (Å²) >= 11 is 0. The van der Waals surface area contributed by atoms with Crippen LogP contribution >= 0.6 is 0 Å². The number of nitrogens with one attached hydrogen (secondary N) is 1. The molecule has 5 heteroatoms. The summed E-state index contributed by atoms with van der Waals surface area (Å²) in [5.41, 5.74) is 1.15. The van der Waals surface area contributed by atoms with Crippen LogP contribution in [0.2, 0.25) is 0 Å². The largest absolute Gasteiger partial charge is 0.478 e. The first-order valence-corrected chi connectivity index (χ1v) is 7.04. The molecule has 0 saturated heterocycles. The minimum Gasteiger partial charge on any atom is -0.478 e. The quantitative estimate of drug-likeness (QED) is 0.723. The second-order valence-electron chi connectivity index (χ2n) is 4.72. The normalized spacial score (nSPS) is 9.95. The molecule has 0 heterocycles. The van der Waals surface area contributed by atoms with E-state index < -0.39 is 5.97 Å². The van der Waals surface area contributed by atoms with Gasteiger partial charge < -0.3 is 15.3 Å². The van der Waals surface area contributed by atoms with E-state index in [1.54, 1.807) is 29.2 Å². The Balaban J connectivity index is 2.48. The molecule has 0 spiro atoms. The third-order valence-corrected chi connectivity index (χ3v) is 2.99. The van der Waals surface area contributed by atoms with Gasteiger partial charge >= 0.3 is 12.0 Å². The minimum absolute atomic E-state index is 0.119. The maximum Gasteiger partial charge on any atom is 0.335 e. The van der Waals surface area contributed by atoms with Crippen LogP contribution in [-0.2, 0) is 6.42 Å². The first kappa shape index (κ1) is 16.8. The Hall–Kier alpha value is -2.30. The number of urea groups is 1. The van der Waals surface area contributed by atoms with Crippen LogP contribution in [0.3, 0.4) is 0 Å². The number of nitrogens with zero attached hydrogens (tertiary/aromatic N) is 1. The summed E-state index contributed by atoms with van der Waals surface area (Å²) in [5.74, 6) is -0.944. The Kier molecular flexibility index (Phi) is 7.01. The van der Waals surface area contributed by atoms with Gasteiger partial charge in [0.15, 0.2) is 0 Å². The lowest BCUT2D eigenvalue weighted by molar-refractivity contribution is 0.0696. The molecule has 0 fully saturated rings. The van der Waals surface area contributed by atoms with Gasteiger partial charge in [-0.3, -0.25) is 0 Å². The molecular formula is C16H22N2O3. The number of carboxylic acids is 1. The molecule has 0 bridgehead atoms. The number of amides is 2. The molecule has 5 nitrogen and oxygen atoms in total. The second-order valence-corrected chi connectivity index (χ2v) is 4.72. The molecule has 1 aromatic carbocycles. The fraction of sp³-hybridized carbons (Fsp3) is 0.375. The monoisotopic (exact) mass is 290 g/mol. The smallest absolute Gasteiger partial charge is 0.335 e. The fourth-order valence-electron chi connectivity index (χ4n) is 1.99. The standard InChI is InChI=1S/C16H22N2O3/c1-3-10-18(11-4-2)16(21)17-9-8-13-6-5-7-14(12-13)15(19)20/h3,5-7,12H,1,4,8-11H2,2H3,(H,17,21)(H,19,20). The number of carbonyl (C=O) groups excluding carboxylic acids is 1. The molecule has 2 amide bonds. The van der Waals surface area contributed by atoms with Gasteiger partial charge in [0.2, 0.25) is 0 Å². The molecule has 0 aliphatic rings. The van der Waals surface area contributed by atoms with E-state index in [-0.39, 0.29) is 11.6 Å². The first-order valence-electron chi connectivity index (χ1n) is 7.04. The van der Waals surface area contributed by atoms with Gasteiger partial charge in [0, 0.05) is 19.6 Å². The van der Waals surface area contributed by atoms with Crippen LogP contribution in [0.25, 0.3) is 0 Å². The van der Waals surface area contributed by atoms with Gasteiger partial charge in [0.25, 0.3) is 0 Å². The maximum absolute atomic E-state index is 12.0. The number of rotatable bonds is 8. The number of benzene rings is 1. The Bertz CT molecular complexity index is 500. The number of aromatic carboxylic acids is 1. The van der Waals surface area contributed by atoms with E-state index >= 15 is 0 Å². The summed E-state index contributed by atoms with van der Waals surface area (Å²) in [6.45, 7) is 7.34. The van der Waals surface area contributed by atoms with Crippen LogP contribution in [0, 0.1) is 0 Å². The van der Waals surface area contributed by atoms with Crippen molar-refractivity contribution in [2.75, 3.05) is 19.6 Å². The minimum atomic E-state index is -0.944. The molecular weight excluding hydrogens is 268 g/mol. The number of carbonyl (C=O) groups is 2. The second kappa shape index (κ2) is 8.79. The number of carboxylic acid groups (broad SMARTS) is 1. The highest BCUT2D eigenvalue weighted by Crippen LogP contribution is 2.05. The van der Waals surface area contributed by atoms with Crippen molar-refractivity contribution in [2.24, 2.45) is 0 Å². The molecule has 114 valence electrons. The van der Waals surface area contributed by atoms with Crippen molar-refractivity contribution in [3.8, 4) is 0 Å². The summed E-state index contributed by atoms with van der Waals surface area (Å²) in [7, 11) is 0. The third-order valence-electron chi connectivity index (χ3n) is 2.99. The zero-order chi connectivity index (χ0) is 15.7. The van der Waals surface area contributed by atoms with Crippen molar-refractivity contribution in [1.29, 1.82) is 0 Å². The maximum atomic E-state index is 12.0. The predicted octanol–water partition coefficient (Wildman–Crippen LogP) is 2.53. The van der Waals surface area contributed by atoms with Crippen molar-refractivity contribution >= 4 is 12.0 Å². The lowest BCUT2D eigenvalue weighted by Gasteiger charge is -2.20. The molecule has 21 heavy (non-hydrogen) atoms. The summed E-state index contributed by atoms with van der Waals surface area (Å²) < 4.78 is 0. The van der Waals surface area contributed by atoms with E-state index in [4.69, 9.17) is 5.11 Å². The molecule has 1 rings (SSSR count). The summed E-state index contributed by atoms with van der Waals surface area (Å²) in [6, 6.07) is 6.62. The van der Waals surface area contributed by atoms with Gasteiger partial charge in [-0.25, -0.2) is 9.59 Å². The van der Waals surface area contributed by atoms with Gasteiger partial charge in [-0.15, -0.1) is 6.58 Å². The Labute approximate surface area is 125 Å². The lowest BCUT2D eigenvalue weighted by Crippen LogP contribution is -2.41. The molecule has 1 aromatic rings. The number of hydrogen-bond donors (Lipinski definition) is 2. The summed E-state index contributed by atoms with van der Waals surface area (Å²) in [5, 5.41) is 11.8. The average Bonchev–Trinajstić information content (AvgIpc) is 2.47. The van der Waals surface area contributed by atoms with E-state index in [0.717, 1.165) is 12.0 Å². The predicted molar refractivity (Wildman–Crippen MR) is 82.6 cm³/mol. The molecule has 0 aliphatic heterocycles.